The molecule has 0 radical (unpaired) electrons. The van der Waals surface area contributed by atoms with Crippen LogP contribution in [0.2, 0.25) is 0 Å². The molecule has 0 saturated carbocycles. The van der Waals surface area contributed by atoms with E-state index in [-0.39, 0.29) is 5.91 Å². The van der Waals surface area contributed by atoms with Crippen LogP contribution in [0.3, 0.4) is 0 Å². The lowest BCUT2D eigenvalue weighted by Crippen LogP contribution is -2.22. The molecule has 0 bridgehead atoms. The third-order valence-electron chi connectivity index (χ3n) is 4.51. The molecule has 0 aliphatic heterocycles. The summed E-state index contributed by atoms with van der Waals surface area (Å²) in [5, 5.41) is 14.9. The number of hydrogen-bond donors (Lipinski definition) is 1. The number of carbonyl (C=O) groups is 1. The Morgan fingerprint density at radius 3 is 2.59 bits per heavy atom. The van der Waals surface area contributed by atoms with Gasteiger partial charge in [0, 0.05) is 16.6 Å². The van der Waals surface area contributed by atoms with Crippen molar-refractivity contribution in [3.05, 3.63) is 53.0 Å². The smallest absolute Gasteiger partial charge is 0.239 e. The first-order valence-electron chi connectivity index (χ1n) is 10.5. The maximum atomic E-state index is 12.7. The van der Waals surface area contributed by atoms with Crippen LogP contribution in [-0.4, -0.2) is 27.7 Å². The van der Waals surface area contributed by atoms with E-state index < -0.39 is 5.25 Å². The number of nitrogens with zero attached hydrogens (tertiary/aromatic N) is 3. The summed E-state index contributed by atoms with van der Waals surface area (Å²) in [6, 6.07) is 13.5. The monoisotopic (exact) mass is 466 g/mol. The highest BCUT2D eigenvalue weighted by molar-refractivity contribution is 8.00. The SMILES string of the molecule is CCOc1ccc(-c2csc(NC(=O)C(C)Sc3nc(CC(C)C)ccc3C#N)n2)cc1. The number of pyridine rings is 1. The Morgan fingerprint density at radius 2 is 1.94 bits per heavy atom. The number of nitrogens with one attached hydrogen (secondary N) is 1. The average Bonchev–Trinajstić information content (AvgIpc) is 3.22. The molecule has 3 aromatic rings. The summed E-state index contributed by atoms with van der Waals surface area (Å²) < 4.78 is 5.47. The normalized spacial score (nSPS) is 11.8. The van der Waals surface area contributed by atoms with Crippen molar-refractivity contribution in [2.24, 2.45) is 5.92 Å². The largest absolute Gasteiger partial charge is 0.494 e. The Hall–Kier alpha value is -2.89. The first-order valence-corrected chi connectivity index (χ1v) is 12.2. The number of anilines is 1. The van der Waals surface area contributed by atoms with E-state index in [1.807, 2.05) is 42.6 Å². The van der Waals surface area contributed by atoms with Crippen LogP contribution in [0.4, 0.5) is 5.13 Å². The van der Waals surface area contributed by atoms with Gasteiger partial charge in [-0.05, 0) is 62.6 Å². The van der Waals surface area contributed by atoms with Gasteiger partial charge in [-0.25, -0.2) is 9.97 Å². The van der Waals surface area contributed by atoms with Gasteiger partial charge in [0.25, 0.3) is 0 Å². The van der Waals surface area contributed by atoms with Crippen LogP contribution in [-0.2, 0) is 11.2 Å². The number of nitriles is 1. The van der Waals surface area contributed by atoms with E-state index in [4.69, 9.17) is 4.74 Å². The van der Waals surface area contributed by atoms with Gasteiger partial charge in [0.15, 0.2) is 5.13 Å². The number of ether oxygens (including phenoxy) is 1. The molecule has 6 nitrogen and oxygen atoms in total. The lowest BCUT2D eigenvalue weighted by molar-refractivity contribution is -0.115. The molecule has 32 heavy (non-hydrogen) atoms. The molecule has 0 saturated heterocycles. The number of hydrogen-bond acceptors (Lipinski definition) is 7. The molecule has 0 fully saturated rings. The van der Waals surface area contributed by atoms with E-state index in [0.717, 1.165) is 29.1 Å². The molecular formula is C24H26N4O2S2. The molecule has 1 aromatic carbocycles. The third-order valence-corrected chi connectivity index (χ3v) is 6.37. The zero-order valence-corrected chi connectivity index (χ0v) is 20.2. The summed E-state index contributed by atoms with van der Waals surface area (Å²) in [5.41, 5.74) is 3.16. The number of benzene rings is 1. The first-order chi connectivity index (χ1) is 15.4. The van der Waals surface area contributed by atoms with Crippen molar-refractivity contribution in [1.29, 1.82) is 5.26 Å². The lowest BCUT2D eigenvalue weighted by Gasteiger charge is -2.12. The maximum absolute atomic E-state index is 12.7. The van der Waals surface area contributed by atoms with Crippen LogP contribution in [0.5, 0.6) is 5.75 Å². The Morgan fingerprint density at radius 1 is 1.19 bits per heavy atom. The molecule has 0 aliphatic rings. The first kappa shape index (κ1) is 23.8. The standard InChI is InChI=1S/C24H26N4O2S2/c1-5-30-20-10-7-17(8-11-20)21-14-31-24(27-21)28-22(29)16(4)32-23-18(13-25)6-9-19(26-23)12-15(2)3/h6-11,14-16H,5,12H2,1-4H3,(H,27,28,29). The molecule has 2 aromatic heterocycles. The van der Waals surface area contributed by atoms with E-state index in [1.54, 1.807) is 13.0 Å². The van der Waals surface area contributed by atoms with Crippen LogP contribution in [0.15, 0.2) is 46.8 Å². The number of carbonyl (C=O) groups excluding carboxylic acids is 1. The van der Waals surface area contributed by atoms with E-state index in [2.05, 4.69) is 35.2 Å². The number of rotatable bonds is 9. The fourth-order valence-electron chi connectivity index (χ4n) is 2.97. The number of thioether (sulfide) groups is 1. The molecule has 8 heteroatoms. The van der Waals surface area contributed by atoms with Crippen molar-refractivity contribution in [2.45, 2.75) is 44.4 Å². The van der Waals surface area contributed by atoms with E-state index in [0.29, 0.717) is 28.2 Å². The summed E-state index contributed by atoms with van der Waals surface area (Å²) in [7, 11) is 0. The maximum Gasteiger partial charge on any atom is 0.239 e. The molecular weight excluding hydrogens is 440 g/mol. The van der Waals surface area contributed by atoms with Crippen molar-refractivity contribution >= 4 is 34.1 Å². The Labute approximate surface area is 197 Å². The average molecular weight is 467 g/mol. The fraction of sp³-hybridized carbons (Fsp3) is 0.333. The van der Waals surface area contributed by atoms with Crippen LogP contribution in [0, 0.1) is 17.2 Å². The van der Waals surface area contributed by atoms with Gasteiger partial charge in [-0.3, -0.25) is 4.79 Å². The Kier molecular flexibility index (Phi) is 8.26. The number of thiazole rings is 1. The van der Waals surface area contributed by atoms with Crippen LogP contribution in [0.1, 0.15) is 39.0 Å². The second-order valence-electron chi connectivity index (χ2n) is 7.61. The van der Waals surface area contributed by atoms with Gasteiger partial charge in [-0.2, -0.15) is 5.26 Å². The topological polar surface area (TPSA) is 87.9 Å². The predicted molar refractivity (Wildman–Crippen MR) is 130 cm³/mol. The Bertz CT molecular complexity index is 1100. The van der Waals surface area contributed by atoms with Crippen molar-refractivity contribution in [2.75, 3.05) is 11.9 Å². The number of amides is 1. The lowest BCUT2D eigenvalue weighted by atomic mass is 10.1. The Balaban J connectivity index is 1.66. The molecule has 0 aliphatic carbocycles. The summed E-state index contributed by atoms with van der Waals surface area (Å²) in [6.45, 7) is 8.62. The minimum atomic E-state index is -0.429. The summed E-state index contributed by atoms with van der Waals surface area (Å²) >= 11 is 2.67. The highest BCUT2D eigenvalue weighted by Gasteiger charge is 2.19. The molecule has 1 N–H and O–H groups in total. The molecule has 2 heterocycles. The van der Waals surface area contributed by atoms with Gasteiger partial charge in [0.2, 0.25) is 5.91 Å². The molecule has 1 amide bonds. The third kappa shape index (κ3) is 6.31. The highest BCUT2D eigenvalue weighted by Crippen LogP contribution is 2.29. The quantitative estimate of drug-likeness (QED) is 0.401. The summed E-state index contributed by atoms with van der Waals surface area (Å²) in [4.78, 5) is 21.9. The fourth-order valence-corrected chi connectivity index (χ4v) is 4.60. The molecule has 0 spiro atoms. The molecule has 1 atom stereocenters. The minimum absolute atomic E-state index is 0.178. The van der Waals surface area contributed by atoms with Crippen LogP contribution in [0.25, 0.3) is 11.3 Å². The minimum Gasteiger partial charge on any atom is -0.494 e. The second-order valence-corrected chi connectivity index (χ2v) is 9.80. The van der Waals surface area contributed by atoms with Crippen molar-refractivity contribution in [3.63, 3.8) is 0 Å². The van der Waals surface area contributed by atoms with Gasteiger partial charge in [0.1, 0.15) is 16.8 Å². The molecule has 1 unspecified atom stereocenters. The van der Waals surface area contributed by atoms with Crippen LogP contribution < -0.4 is 10.1 Å². The van der Waals surface area contributed by atoms with Crippen molar-refractivity contribution in [1.82, 2.24) is 9.97 Å². The summed E-state index contributed by atoms with van der Waals surface area (Å²) in [6.07, 6.45) is 0.827. The van der Waals surface area contributed by atoms with Gasteiger partial charge < -0.3 is 10.1 Å². The van der Waals surface area contributed by atoms with E-state index in [1.165, 1.54) is 23.1 Å². The summed E-state index contributed by atoms with van der Waals surface area (Å²) in [5.74, 6) is 1.10. The van der Waals surface area contributed by atoms with Crippen LogP contribution >= 0.6 is 23.1 Å². The van der Waals surface area contributed by atoms with Gasteiger partial charge in [-0.15, -0.1) is 11.3 Å². The van der Waals surface area contributed by atoms with Gasteiger partial charge in [-0.1, -0.05) is 25.6 Å². The van der Waals surface area contributed by atoms with E-state index in [9.17, 15) is 10.1 Å². The molecule has 3 rings (SSSR count). The zero-order chi connectivity index (χ0) is 23.1. The zero-order valence-electron chi connectivity index (χ0n) is 18.6. The van der Waals surface area contributed by atoms with Crippen molar-refractivity contribution in [3.8, 4) is 23.1 Å². The number of aromatic nitrogens is 2. The van der Waals surface area contributed by atoms with Gasteiger partial charge in [0.05, 0.1) is 23.1 Å². The van der Waals surface area contributed by atoms with Crippen molar-refractivity contribution < 1.29 is 9.53 Å². The second kappa shape index (κ2) is 11.1. The predicted octanol–water partition coefficient (Wildman–Crippen LogP) is 5.79. The van der Waals surface area contributed by atoms with Gasteiger partial charge >= 0.3 is 0 Å². The van der Waals surface area contributed by atoms with E-state index >= 15 is 0 Å². The molecule has 166 valence electrons. The highest BCUT2D eigenvalue weighted by atomic mass is 32.2.